The smallest absolute Gasteiger partial charge is 0.289 e. The van der Waals surface area contributed by atoms with Gasteiger partial charge in [-0.15, -0.1) is 0 Å². The van der Waals surface area contributed by atoms with E-state index < -0.39 is 36.6 Å². The molecule has 26 heavy (non-hydrogen) atoms. The third-order valence-corrected chi connectivity index (χ3v) is 4.40. The van der Waals surface area contributed by atoms with Gasteiger partial charge >= 0.3 is 0 Å². The lowest BCUT2D eigenvalue weighted by molar-refractivity contribution is -0.221. The summed E-state index contributed by atoms with van der Waals surface area (Å²) in [6.45, 7) is 1.93. The van der Waals surface area contributed by atoms with E-state index in [1.54, 1.807) is 6.07 Å². The van der Waals surface area contributed by atoms with E-state index in [2.05, 4.69) is 5.32 Å². The van der Waals surface area contributed by atoms with Crippen molar-refractivity contribution in [3.8, 4) is 11.3 Å². The molecule has 2 aromatic rings. The molecule has 0 saturated carbocycles. The molecule has 1 aromatic carbocycles. The molecule has 8 nitrogen and oxygen atoms in total. The first kappa shape index (κ1) is 18.6. The van der Waals surface area contributed by atoms with E-state index in [1.165, 1.54) is 13.0 Å². The van der Waals surface area contributed by atoms with Gasteiger partial charge in [0, 0.05) is 12.1 Å². The van der Waals surface area contributed by atoms with Crippen LogP contribution in [0.15, 0.2) is 40.8 Å². The molecule has 8 heteroatoms. The molecule has 1 amide bonds. The van der Waals surface area contributed by atoms with Crippen LogP contribution >= 0.6 is 0 Å². The highest BCUT2D eigenvalue weighted by Crippen LogP contribution is 2.24. The maximum absolute atomic E-state index is 12.4. The standard InChI is InChI=1S/C18H22N2O6/c1-9-14(21)15(22)16(23)18(25-9)20-17(24)13-6-5-12(26-13)11-4-2-3-10(7-11)8-19/h2-7,9,14-16,18,21-23H,8,19H2,1H3,(H,20,24)/t9-,14+,15+,16-,18-/m0/s1. The maximum Gasteiger partial charge on any atom is 0.289 e. The lowest BCUT2D eigenvalue weighted by atomic mass is 9.99. The zero-order chi connectivity index (χ0) is 18.8. The SMILES string of the molecule is C[C@@H]1O[C@H](NC(=O)c2ccc(-c3cccc(CN)c3)o2)[C@@H](O)[C@H](O)[C@@H]1O. The number of nitrogens with two attached hydrogens (primary N) is 1. The van der Waals surface area contributed by atoms with E-state index in [9.17, 15) is 20.1 Å². The molecule has 1 aliphatic rings. The normalized spacial score (nSPS) is 28.7. The Morgan fingerprint density at radius 3 is 2.65 bits per heavy atom. The first-order chi connectivity index (χ1) is 12.4. The van der Waals surface area contributed by atoms with Crippen LogP contribution in [0.1, 0.15) is 23.0 Å². The number of rotatable bonds is 4. The van der Waals surface area contributed by atoms with Crippen LogP contribution in [0.3, 0.4) is 0 Å². The van der Waals surface area contributed by atoms with E-state index in [1.807, 2.05) is 24.3 Å². The molecule has 6 N–H and O–H groups in total. The molecule has 0 spiro atoms. The van der Waals surface area contributed by atoms with Crippen LogP contribution in [-0.2, 0) is 11.3 Å². The second-order valence-electron chi connectivity index (χ2n) is 6.28. The van der Waals surface area contributed by atoms with Crippen molar-refractivity contribution < 1.29 is 29.3 Å². The summed E-state index contributed by atoms with van der Waals surface area (Å²) in [4.78, 5) is 12.4. The largest absolute Gasteiger partial charge is 0.451 e. The quantitative estimate of drug-likeness (QED) is 0.514. The van der Waals surface area contributed by atoms with Crippen LogP contribution in [0.25, 0.3) is 11.3 Å². The van der Waals surface area contributed by atoms with Crippen molar-refractivity contribution in [1.82, 2.24) is 5.32 Å². The zero-order valence-electron chi connectivity index (χ0n) is 14.2. The van der Waals surface area contributed by atoms with Gasteiger partial charge in [0.25, 0.3) is 5.91 Å². The molecule has 1 fully saturated rings. The number of amides is 1. The molecule has 2 heterocycles. The highest BCUT2D eigenvalue weighted by atomic mass is 16.5. The third kappa shape index (κ3) is 3.64. The number of aliphatic hydroxyl groups is 3. The lowest BCUT2D eigenvalue weighted by Crippen LogP contribution is -2.61. The van der Waals surface area contributed by atoms with Crippen molar-refractivity contribution in [2.24, 2.45) is 5.73 Å². The van der Waals surface area contributed by atoms with Crippen LogP contribution in [0, 0.1) is 0 Å². The minimum absolute atomic E-state index is 0.0298. The Balaban J connectivity index is 1.72. The van der Waals surface area contributed by atoms with Crippen molar-refractivity contribution >= 4 is 5.91 Å². The summed E-state index contributed by atoms with van der Waals surface area (Å²) in [5.74, 6) is -0.0762. The molecule has 1 aliphatic heterocycles. The molecule has 0 unspecified atom stereocenters. The van der Waals surface area contributed by atoms with Gasteiger partial charge in [0.15, 0.2) is 12.0 Å². The van der Waals surface area contributed by atoms with Crippen molar-refractivity contribution in [1.29, 1.82) is 0 Å². The lowest BCUT2D eigenvalue weighted by Gasteiger charge is -2.39. The Kier molecular flexibility index (Phi) is 5.40. The second kappa shape index (κ2) is 7.56. The summed E-state index contributed by atoms with van der Waals surface area (Å²) in [5.41, 5.74) is 7.35. The van der Waals surface area contributed by atoms with E-state index in [-0.39, 0.29) is 5.76 Å². The molecule has 1 saturated heterocycles. The average Bonchev–Trinajstić information content (AvgIpc) is 3.14. The molecular weight excluding hydrogens is 340 g/mol. The number of aliphatic hydroxyl groups excluding tert-OH is 3. The minimum Gasteiger partial charge on any atom is -0.451 e. The number of nitrogens with one attached hydrogen (secondary N) is 1. The van der Waals surface area contributed by atoms with Crippen LogP contribution in [-0.4, -0.2) is 51.9 Å². The van der Waals surface area contributed by atoms with Gasteiger partial charge in [-0.2, -0.15) is 0 Å². The Labute approximate surface area is 150 Å². The van der Waals surface area contributed by atoms with E-state index in [4.69, 9.17) is 14.9 Å². The predicted molar refractivity (Wildman–Crippen MR) is 91.9 cm³/mol. The minimum atomic E-state index is -1.46. The van der Waals surface area contributed by atoms with Gasteiger partial charge in [-0.05, 0) is 30.7 Å². The Bertz CT molecular complexity index is 777. The van der Waals surface area contributed by atoms with Crippen molar-refractivity contribution in [2.45, 2.75) is 44.1 Å². The fraction of sp³-hybridized carbons (Fsp3) is 0.389. The van der Waals surface area contributed by atoms with Gasteiger partial charge in [0.2, 0.25) is 0 Å². The second-order valence-corrected chi connectivity index (χ2v) is 6.28. The Morgan fingerprint density at radius 1 is 1.15 bits per heavy atom. The zero-order valence-corrected chi connectivity index (χ0v) is 14.2. The summed E-state index contributed by atoms with van der Waals surface area (Å²) >= 11 is 0. The van der Waals surface area contributed by atoms with Crippen LogP contribution in [0.2, 0.25) is 0 Å². The number of hydrogen-bond acceptors (Lipinski definition) is 7. The fourth-order valence-corrected chi connectivity index (χ4v) is 2.84. The van der Waals surface area contributed by atoms with Gasteiger partial charge in [-0.25, -0.2) is 0 Å². The van der Waals surface area contributed by atoms with Crippen LogP contribution in [0.5, 0.6) is 0 Å². The monoisotopic (exact) mass is 362 g/mol. The number of benzene rings is 1. The molecule has 0 radical (unpaired) electrons. The van der Waals surface area contributed by atoms with Crippen molar-refractivity contribution in [3.63, 3.8) is 0 Å². The molecule has 1 aromatic heterocycles. The van der Waals surface area contributed by atoms with Gasteiger partial charge in [0.1, 0.15) is 24.1 Å². The first-order valence-electron chi connectivity index (χ1n) is 8.30. The number of carbonyl (C=O) groups is 1. The number of furan rings is 1. The van der Waals surface area contributed by atoms with Gasteiger partial charge in [-0.3, -0.25) is 4.79 Å². The predicted octanol–water partition coefficient (Wildman–Crippen LogP) is -0.0374. The van der Waals surface area contributed by atoms with Gasteiger partial charge in [-0.1, -0.05) is 18.2 Å². The van der Waals surface area contributed by atoms with Gasteiger partial charge < -0.3 is 35.5 Å². The first-order valence-corrected chi connectivity index (χ1v) is 8.30. The number of ether oxygens (including phenoxy) is 1. The van der Waals surface area contributed by atoms with E-state index >= 15 is 0 Å². The van der Waals surface area contributed by atoms with E-state index in [0.717, 1.165) is 11.1 Å². The van der Waals surface area contributed by atoms with Gasteiger partial charge in [0.05, 0.1) is 6.10 Å². The summed E-state index contributed by atoms with van der Waals surface area (Å²) in [5, 5.41) is 31.9. The summed E-state index contributed by atoms with van der Waals surface area (Å²) < 4.78 is 10.9. The molecule has 0 bridgehead atoms. The van der Waals surface area contributed by atoms with Crippen LogP contribution < -0.4 is 11.1 Å². The molecule has 0 aliphatic carbocycles. The molecule has 3 rings (SSSR count). The Hall–Kier alpha value is -2.23. The highest BCUT2D eigenvalue weighted by molar-refractivity contribution is 5.92. The van der Waals surface area contributed by atoms with Crippen molar-refractivity contribution in [2.75, 3.05) is 0 Å². The number of hydrogen-bond donors (Lipinski definition) is 5. The van der Waals surface area contributed by atoms with Crippen molar-refractivity contribution in [3.05, 3.63) is 47.7 Å². The molecule has 5 atom stereocenters. The average molecular weight is 362 g/mol. The van der Waals surface area contributed by atoms with E-state index in [0.29, 0.717) is 12.3 Å². The maximum atomic E-state index is 12.4. The van der Waals surface area contributed by atoms with Crippen LogP contribution in [0.4, 0.5) is 0 Å². The number of carbonyl (C=O) groups excluding carboxylic acids is 1. The summed E-state index contributed by atoms with van der Waals surface area (Å²) in [7, 11) is 0. The fourth-order valence-electron chi connectivity index (χ4n) is 2.84. The third-order valence-electron chi connectivity index (χ3n) is 4.40. The molecule has 140 valence electrons. The Morgan fingerprint density at radius 2 is 1.92 bits per heavy atom. The molecular formula is C18H22N2O6. The summed E-state index contributed by atoms with van der Waals surface area (Å²) in [6.07, 6.45) is -6.02. The topological polar surface area (TPSA) is 138 Å². The highest BCUT2D eigenvalue weighted by Gasteiger charge is 2.42. The summed E-state index contributed by atoms with van der Waals surface area (Å²) in [6, 6.07) is 10.6.